The van der Waals surface area contributed by atoms with Gasteiger partial charge in [-0.3, -0.25) is 4.18 Å². The van der Waals surface area contributed by atoms with Gasteiger partial charge in [0.05, 0.1) is 11.5 Å². The summed E-state index contributed by atoms with van der Waals surface area (Å²) in [7, 11) is -3.59. The first kappa shape index (κ1) is 24.8. The molecule has 0 radical (unpaired) electrons. The lowest BCUT2D eigenvalue weighted by molar-refractivity contribution is 0.357. The molecule has 1 rings (SSSR count). The highest BCUT2D eigenvalue weighted by atomic mass is 32.2. The Morgan fingerprint density at radius 1 is 0.923 bits per heavy atom. The van der Waals surface area contributed by atoms with Crippen LogP contribution in [0.25, 0.3) is 0 Å². The highest BCUT2D eigenvalue weighted by Gasteiger charge is 2.12. The van der Waals surface area contributed by atoms with Crippen molar-refractivity contribution in [3.05, 3.63) is 43.0 Å². The molecule has 0 spiro atoms. The van der Waals surface area contributed by atoms with Crippen molar-refractivity contribution >= 4 is 10.1 Å². The van der Waals surface area contributed by atoms with E-state index in [2.05, 4.69) is 17.7 Å². The molecule has 0 unspecified atom stereocenters. The van der Waals surface area contributed by atoms with Gasteiger partial charge in [-0.1, -0.05) is 89.0 Å². The van der Waals surface area contributed by atoms with Crippen LogP contribution in [-0.4, -0.2) is 21.6 Å². The molecule has 0 aliphatic carbocycles. The van der Waals surface area contributed by atoms with E-state index in [0.717, 1.165) is 6.54 Å². The smallest absolute Gasteiger partial charge is 0.297 e. The van der Waals surface area contributed by atoms with Gasteiger partial charge in [-0.15, -0.1) is 6.58 Å². The van der Waals surface area contributed by atoms with Crippen LogP contribution in [-0.2, 0) is 14.3 Å². The quantitative estimate of drug-likeness (QED) is 0.264. The fourth-order valence-electron chi connectivity index (χ4n) is 2.42. The van der Waals surface area contributed by atoms with Crippen molar-refractivity contribution in [3.63, 3.8) is 0 Å². The zero-order valence-electron chi connectivity index (χ0n) is 16.4. The molecule has 5 heteroatoms. The molecule has 0 aliphatic rings. The normalized spacial score (nSPS) is 10.8. The van der Waals surface area contributed by atoms with Crippen LogP contribution in [0, 0.1) is 0 Å². The molecular weight excluding hydrogens is 346 g/mol. The molecule has 0 saturated heterocycles. The summed E-state index contributed by atoms with van der Waals surface area (Å²) in [4.78, 5) is 0.164. The Morgan fingerprint density at radius 3 is 1.88 bits per heavy atom. The van der Waals surface area contributed by atoms with Crippen LogP contribution in [0.1, 0.15) is 71.1 Å². The molecule has 0 fully saturated rings. The first-order valence-electron chi connectivity index (χ1n) is 9.84. The number of nitrogens with two attached hydrogens (primary N) is 1. The monoisotopic (exact) mass is 383 g/mol. The number of unbranched alkanes of at least 4 members (excludes halogenated alkanes) is 9. The van der Waals surface area contributed by atoms with Crippen LogP contribution >= 0.6 is 0 Å². The van der Waals surface area contributed by atoms with E-state index in [1.165, 1.54) is 82.4 Å². The van der Waals surface area contributed by atoms with Crippen LogP contribution in [0.4, 0.5) is 0 Å². The molecule has 0 atom stereocenters. The third-order valence-electron chi connectivity index (χ3n) is 3.93. The second kappa shape index (κ2) is 17.3. The van der Waals surface area contributed by atoms with Gasteiger partial charge in [0.1, 0.15) is 0 Å². The highest BCUT2D eigenvalue weighted by Crippen LogP contribution is 2.11. The standard InChI is InChI=1S/C12H27N.C9H10O3S/c1-2-3-4-5-6-7-8-9-10-11-12-13;1-2-8-12-13(10,11)9-6-4-3-5-7-9/h2-13H2,1H3;2-7H,1,8H2. The Hall–Kier alpha value is -1.17. The summed E-state index contributed by atoms with van der Waals surface area (Å²) in [5.41, 5.74) is 5.42. The Morgan fingerprint density at radius 2 is 1.42 bits per heavy atom. The van der Waals surface area contributed by atoms with E-state index in [9.17, 15) is 8.42 Å². The van der Waals surface area contributed by atoms with Crippen molar-refractivity contribution in [1.29, 1.82) is 0 Å². The lowest BCUT2D eigenvalue weighted by Crippen LogP contribution is -2.05. The molecule has 0 saturated carbocycles. The summed E-state index contributed by atoms with van der Waals surface area (Å²) in [6.45, 7) is 6.51. The minimum atomic E-state index is -3.59. The van der Waals surface area contributed by atoms with E-state index < -0.39 is 10.1 Å². The zero-order chi connectivity index (χ0) is 19.5. The van der Waals surface area contributed by atoms with E-state index in [1.807, 2.05) is 0 Å². The zero-order valence-corrected chi connectivity index (χ0v) is 17.2. The average molecular weight is 384 g/mol. The van der Waals surface area contributed by atoms with Gasteiger partial charge in [0.25, 0.3) is 10.1 Å². The highest BCUT2D eigenvalue weighted by molar-refractivity contribution is 7.86. The van der Waals surface area contributed by atoms with Crippen LogP contribution in [0.15, 0.2) is 47.9 Å². The Labute approximate surface area is 161 Å². The van der Waals surface area contributed by atoms with E-state index >= 15 is 0 Å². The lowest BCUT2D eigenvalue weighted by atomic mass is 10.1. The summed E-state index contributed by atoms with van der Waals surface area (Å²) in [6.07, 6.45) is 15.3. The summed E-state index contributed by atoms with van der Waals surface area (Å²) < 4.78 is 27.3. The van der Waals surface area contributed by atoms with Crippen molar-refractivity contribution in [2.45, 2.75) is 76.0 Å². The lowest BCUT2D eigenvalue weighted by Gasteiger charge is -2.01. The predicted molar refractivity (Wildman–Crippen MR) is 111 cm³/mol. The average Bonchev–Trinajstić information content (AvgIpc) is 2.66. The van der Waals surface area contributed by atoms with Crippen molar-refractivity contribution in [2.24, 2.45) is 5.73 Å². The van der Waals surface area contributed by atoms with Gasteiger partial charge in [-0.05, 0) is 25.1 Å². The summed E-state index contributed by atoms with van der Waals surface area (Å²) >= 11 is 0. The SMILES string of the molecule is C=CCOS(=O)(=O)c1ccccc1.CCCCCCCCCCCCN. The van der Waals surface area contributed by atoms with Crippen LogP contribution in [0.2, 0.25) is 0 Å². The van der Waals surface area contributed by atoms with Gasteiger partial charge in [-0.25, -0.2) is 0 Å². The maximum absolute atomic E-state index is 11.3. The van der Waals surface area contributed by atoms with E-state index in [0.29, 0.717) is 0 Å². The predicted octanol–water partition coefficient (Wildman–Crippen LogP) is 5.44. The third kappa shape index (κ3) is 14.0. The molecule has 0 aliphatic heterocycles. The summed E-state index contributed by atoms with van der Waals surface area (Å²) in [5, 5.41) is 0. The second-order valence-corrected chi connectivity index (χ2v) is 7.93. The maximum Gasteiger partial charge on any atom is 0.297 e. The molecule has 4 nitrogen and oxygen atoms in total. The molecule has 150 valence electrons. The molecule has 2 N–H and O–H groups in total. The van der Waals surface area contributed by atoms with E-state index in [4.69, 9.17) is 5.73 Å². The van der Waals surface area contributed by atoms with Gasteiger partial charge in [-0.2, -0.15) is 8.42 Å². The van der Waals surface area contributed by atoms with Crippen molar-refractivity contribution in [3.8, 4) is 0 Å². The van der Waals surface area contributed by atoms with Gasteiger partial charge in [0.2, 0.25) is 0 Å². The first-order valence-corrected chi connectivity index (χ1v) is 11.2. The minimum Gasteiger partial charge on any atom is -0.330 e. The molecular formula is C21H37NO3S. The topological polar surface area (TPSA) is 69.4 Å². The van der Waals surface area contributed by atoms with Gasteiger partial charge >= 0.3 is 0 Å². The van der Waals surface area contributed by atoms with E-state index in [1.54, 1.807) is 18.2 Å². The third-order valence-corrected chi connectivity index (χ3v) is 5.23. The van der Waals surface area contributed by atoms with Crippen LogP contribution < -0.4 is 5.73 Å². The number of benzene rings is 1. The summed E-state index contributed by atoms with van der Waals surface area (Å²) in [5.74, 6) is 0. The molecule has 0 amide bonds. The van der Waals surface area contributed by atoms with Crippen molar-refractivity contribution in [1.82, 2.24) is 0 Å². The van der Waals surface area contributed by atoms with Crippen LogP contribution in [0.5, 0.6) is 0 Å². The van der Waals surface area contributed by atoms with Crippen molar-refractivity contribution < 1.29 is 12.6 Å². The van der Waals surface area contributed by atoms with Gasteiger partial charge < -0.3 is 5.73 Å². The molecule has 1 aromatic carbocycles. The molecule has 0 bridgehead atoms. The summed E-state index contributed by atoms with van der Waals surface area (Å²) in [6, 6.07) is 8.00. The Bertz CT molecular complexity index is 519. The molecule has 26 heavy (non-hydrogen) atoms. The molecule has 0 aromatic heterocycles. The largest absolute Gasteiger partial charge is 0.330 e. The first-order chi connectivity index (χ1) is 12.6. The Kier molecular flexibility index (Phi) is 16.5. The van der Waals surface area contributed by atoms with E-state index in [-0.39, 0.29) is 11.5 Å². The van der Waals surface area contributed by atoms with Crippen LogP contribution in [0.3, 0.4) is 0 Å². The number of rotatable bonds is 14. The fraction of sp³-hybridized carbons (Fsp3) is 0.619. The van der Waals surface area contributed by atoms with Crippen molar-refractivity contribution in [2.75, 3.05) is 13.2 Å². The van der Waals surface area contributed by atoms with Gasteiger partial charge in [0, 0.05) is 0 Å². The van der Waals surface area contributed by atoms with Gasteiger partial charge in [0.15, 0.2) is 0 Å². The minimum absolute atomic E-state index is 0.00275. The molecule has 0 heterocycles. The Balaban J connectivity index is 0.000000481. The number of hydrogen-bond donors (Lipinski definition) is 1. The second-order valence-electron chi connectivity index (χ2n) is 6.31. The molecule has 1 aromatic rings. The maximum atomic E-state index is 11.3. The fourth-order valence-corrected chi connectivity index (χ4v) is 3.33. The number of hydrogen-bond acceptors (Lipinski definition) is 4.